The van der Waals surface area contributed by atoms with E-state index in [4.69, 9.17) is 21.1 Å². The summed E-state index contributed by atoms with van der Waals surface area (Å²) in [7, 11) is 0. The minimum atomic E-state index is -0.162. The van der Waals surface area contributed by atoms with Crippen molar-refractivity contribution in [2.45, 2.75) is 26.4 Å². The fraction of sp³-hybridized carbons (Fsp3) is 0.500. The van der Waals surface area contributed by atoms with E-state index in [1.807, 2.05) is 32.2 Å². The first kappa shape index (κ1) is 13.5. The predicted molar refractivity (Wildman–Crippen MR) is 73.6 cm³/mol. The fourth-order valence-corrected chi connectivity index (χ4v) is 2.33. The van der Waals surface area contributed by atoms with Crippen molar-refractivity contribution >= 4 is 33.2 Å². The summed E-state index contributed by atoms with van der Waals surface area (Å²) in [5.74, 6) is 0.525. The second kappa shape index (κ2) is 5.38. The highest BCUT2D eigenvalue weighted by molar-refractivity contribution is 7.17. The molecule has 0 aliphatic rings. The monoisotopic (exact) mass is 286 g/mol. The quantitative estimate of drug-likeness (QED) is 0.637. The van der Waals surface area contributed by atoms with E-state index in [9.17, 15) is 0 Å². The minimum Gasteiger partial charge on any atom is -0.474 e. The van der Waals surface area contributed by atoms with Crippen molar-refractivity contribution in [3.63, 3.8) is 0 Å². The Labute approximate surface area is 115 Å². The van der Waals surface area contributed by atoms with Gasteiger partial charge in [-0.3, -0.25) is 0 Å². The average molecular weight is 287 g/mol. The molecule has 0 bridgehead atoms. The van der Waals surface area contributed by atoms with Crippen LogP contribution in [0.5, 0.6) is 5.88 Å². The first-order chi connectivity index (χ1) is 8.46. The van der Waals surface area contributed by atoms with Crippen LogP contribution in [0.15, 0.2) is 11.4 Å². The van der Waals surface area contributed by atoms with E-state index >= 15 is 0 Å². The predicted octanol–water partition coefficient (Wildman–Crippen LogP) is 3.54. The van der Waals surface area contributed by atoms with Crippen LogP contribution < -0.4 is 4.74 Å². The van der Waals surface area contributed by atoms with Gasteiger partial charge in [0.1, 0.15) is 11.3 Å². The molecule has 0 fully saturated rings. The maximum atomic E-state index is 5.84. The van der Waals surface area contributed by atoms with Gasteiger partial charge in [-0.25, -0.2) is 4.98 Å². The first-order valence-corrected chi connectivity index (χ1v) is 6.89. The number of hydrogen-bond donors (Lipinski definition) is 0. The van der Waals surface area contributed by atoms with E-state index in [0.717, 1.165) is 10.2 Å². The zero-order valence-electron chi connectivity index (χ0n) is 10.6. The second-order valence-electron chi connectivity index (χ2n) is 4.74. The van der Waals surface area contributed by atoms with Crippen LogP contribution in [0.4, 0.5) is 0 Å². The van der Waals surface area contributed by atoms with Gasteiger partial charge in [0.15, 0.2) is 0 Å². The number of halogens is 1. The summed E-state index contributed by atoms with van der Waals surface area (Å²) in [6, 6.07) is 1.89. The molecule has 0 N–H and O–H groups in total. The van der Waals surface area contributed by atoms with Gasteiger partial charge in [-0.05, 0) is 43.8 Å². The third-order valence-corrected chi connectivity index (χ3v) is 3.16. The average Bonchev–Trinajstić information content (AvgIpc) is 2.70. The van der Waals surface area contributed by atoms with Crippen LogP contribution >= 0.6 is 22.9 Å². The summed E-state index contributed by atoms with van der Waals surface area (Å²) in [6.07, 6.45) is 0. The lowest BCUT2D eigenvalue weighted by atomic mass is 10.2. The van der Waals surface area contributed by atoms with Crippen molar-refractivity contribution < 1.29 is 9.47 Å². The summed E-state index contributed by atoms with van der Waals surface area (Å²) in [5.41, 5.74) is 0.650. The molecule has 0 atom stereocenters. The van der Waals surface area contributed by atoms with Crippen molar-refractivity contribution in [2.75, 3.05) is 13.2 Å². The molecule has 4 nitrogen and oxygen atoms in total. The Bertz CT molecular complexity index is 536. The van der Waals surface area contributed by atoms with Crippen LogP contribution in [0.3, 0.4) is 0 Å². The Kier molecular flexibility index (Phi) is 4.04. The SMILES string of the molecule is CC(C)(C)OCCOc1nc(Cl)nc2ccsc12. The number of nitrogens with zero attached hydrogens (tertiary/aromatic N) is 2. The molecule has 18 heavy (non-hydrogen) atoms. The molecule has 2 aromatic heterocycles. The van der Waals surface area contributed by atoms with Crippen LogP contribution in [-0.4, -0.2) is 28.8 Å². The van der Waals surface area contributed by atoms with Gasteiger partial charge in [0.25, 0.3) is 0 Å². The molecule has 0 amide bonds. The molecule has 0 aliphatic heterocycles. The van der Waals surface area contributed by atoms with Gasteiger partial charge in [-0.1, -0.05) is 0 Å². The lowest BCUT2D eigenvalue weighted by Gasteiger charge is -2.19. The maximum absolute atomic E-state index is 5.84. The van der Waals surface area contributed by atoms with Crippen LogP contribution in [0.2, 0.25) is 5.28 Å². The van der Waals surface area contributed by atoms with Gasteiger partial charge < -0.3 is 9.47 Å². The Balaban J connectivity index is 2.01. The number of thiophene rings is 1. The summed E-state index contributed by atoms with van der Waals surface area (Å²) < 4.78 is 12.1. The van der Waals surface area contributed by atoms with Crippen LogP contribution in [0.25, 0.3) is 10.2 Å². The number of aromatic nitrogens is 2. The van der Waals surface area contributed by atoms with Gasteiger partial charge in [0.2, 0.25) is 11.2 Å². The van der Waals surface area contributed by atoms with Gasteiger partial charge in [-0.2, -0.15) is 4.98 Å². The molecule has 0 saturated heterocycles. The molecule has 0 unspecified atom stereocenters. The number of fused-ring (bicyclic) bond motifs is 1. The second-order valence-corrected chi connectivity index (χ2v) is 6.00. The summed E-state index contributed by atoms with van der Waals surface area (Å²) >= 11 is 7.37. The number of ether oxygens (including phenoxy) is 2. The molecular formula is C12H15ClN2O2S. The maximum Gasteiger partial charge on any atom is 0.236 e. The third kappa shape index (κ3) is 3.54. The van der Waals surface area contributed by atoms with Crippen molar-refractivity contribution in [3.8, 4) is 5.88 Å². The molecule has 98 valence electrons. The molecule has 2 rings (SSSR count). The highest BCUT2D eigenvalue weighted by Gasteiger charge is 2.11. The van der Waals surface area contributed by atoms with E-state index in [0.29, 0.717) is 19.1 Å². The summed E-state index contributed by atoms with van der Waals surface area (Å²) in [4.78, 5) is 8.21. The van der Waals surface area contributed by atoms with Crippen molar-refractivity contribution in [2.24, 2.45) is 0 Å². The molecule has 0 saturated carbocycles. The highest BCUT2D eigenvalue weighted by Crippen LogP contribution is 2.28. The molecule has 2 aromatic rings. The Hall–Kier alpha value is -0.910. The zero-order valence-corrected chi connectivity index (χ0v) is 12.1. The first-order valence-electron chi connectivity index (χ1n) is 5.63. The lowest BCUT2D eigenvalue weighted by Crippen LogP contribution is -2.22. The Morgan fingerprint density at radius 2 is 2.06 bits per heavy atom. The smallest absolute Gasteiger partial charge is 0.236 e. The van der Waals surface area contributed by atoms with Crippen LogP contribution in [0.1, 0.15) is 20.8 Å². The normalized spacial score (nSPS) is 12.0. The number of rotatable bonds is 4. The van der Waals surface area contributed by atoms with Gasteiger partial charge in [-0.15, -0.1) is 11.3 Å². The van der Waals surface area contributed by atoms with E-state index in [1.165, 1.54) is 11.3 Å². The molecule has 0 aliphatic carbocycles. The van der Waals surface area contributed by atoms with E-state index < -0.39 is 0 Å². The minimum absolute atomic E-state index is 0.162. The van der Waals surface area contributed by atoms with Crippen LogP contribution in [0, 0.1) is 0 Å². The fourth-order valence-electron chi connectivity index (χ4n) is 1.39. The van der Waals surface area contributed by atoms with E-state index in [-0.39, 0.29) is 10.9 Å². The number of hydrogen-bond acceptors (Lipinski definition) is 5. The lowest BCUT2D eigenvalue weighted by molar-refractivity contribution is -0.0166. The van der Waals surface area contributed by atoms with Crippen molar-refractivity contribution in [1.29, 1.82) is 0 Å². The highest BCUT2D eigenvalue weighted by atomic mass is 35.5. The summed E-state index contributed by atoms with van der Waals surface area (Å²) in [6.45, 7) is 6.97. The Morgan fingerprint density at radius 1 is 1.28 bits per heavy atom. The molecule has 0 aromatic carbocycles. The zero-order chi connectivity index (χ0) is 13.2. The van der Waals surface area contributed by atoms with Gasteiger partial charge in [0.05, 0.1) is 17.7 Å². The third-order valence-electron chi connectivity index (χ3n) is 2.10. The van der Waals surface area contributed by atoms with Crippen molar-refractivity contribution in [3.05, 3.63) is 16.7 Å². The van der Waals surface area contributed by atoms with Crippen molar-refractivity contribution in [1.82, 2.24) is 9.97 Å². The standard InChI is InChI=1S/C12H15ClN2O2S/c1-12(2,3)17-6-5-16-10-9-8(4-7-18-9)14-11(13)15-10/h4,7H,5-6H2,1-3H3. The molecule has 2 heterocycles. The molecular weight excluding hydrogens is 272 g/mol. The van der Waals surface area contributed by atoms with Gasteiger partial charge in [0, 0.05) is 0 Å². The molecule has 6 heteroatoms. The summed E-state index contributed by atoms with van der Waals surface area (Å²) in [5, 5.41) is 2.14. The molecule has 0 spiro atoms. The largest absolute Gasteiger partial charge is 0.474 e. The van der Waals surface area contributed by atoms with Gasteiger partial charge >= 0.3 is 0 Å². The van der Waals surface area contributed by atoms with E-state index in [2.05, 4.69) is 9.97 Å². The van der Waals surface area contributed by atoms with Crippen LogP contribution in [-0.2, 0) is 4.74 Å². The Morgan fingerprint density at radius 3 is 2.78 bits per heavy atom. The molecule has 0 radical (unpaired) electrons. The topological polar surface area (TPSA) is 44.2 Å². The van der Waals surface area contributed by atoms with E-state index in [1.54, 1.807) is 0 Å².